The maximum Gasteiger partial charge on any atom is 0.405 e. The molecule has 3 aliphatic rings. The highest BCUT2D eigenvalue weighted by Gasteiger charge is 2.52. The highest BCUT2D eigenvalue weighted by Crippen LogP contribution is 2.43. The van der Waals surface area contributed by atoms with Crippen LogP contribution in [0.4, 0.5) is 4.79 Å². The van der Waals surface area contributed by atoms with Gasteiger partial charge in [-0.15, -0.1) is 0 Å². The number of carbonyl (C=O) groups excluding carboxylic acids is 1. The second-order valence-corrected chi connectivity index (χ2v) is 13.8. The van der Waals surface area contributed by atoms with Crippen LogP contribution in [0, 0.1) is 5.92 Å². The monoisotopic (exact) mass is 675 g/mol. The zero-order chi connectivity index (χ0) is 34.4. The van der Waals surface area contributed by atoms with Crippen molar-refractivity contribution in [3.8, 4) is 33.6 Å². The Balaban J connectivity index is 1.000. The standard InChI is InChI=1S/C38H41N7O5/c1-22(2)33(44-37(47)48)36(46)45-21-38(49-14-15-50-38)18-32(45)35-41-19-30(43-35)24-7-5-23(6-8-24)25-9-10-27-17-28(12-11-26(27)16-25)31-20-40-34(42-31)29-4-3-13-39-29/h5-12,16-17,19-20,22,29,32-33,39,44H,3-4,13-15,18,21H2,1-2H3,(H,40,42)(H,41,43)(H,47,48)/t29-,32-,33-/m0/s1. The molecular formula is C38H41N7O5. The fraction of sp³-hybridized carbons (Fsp3) is 0.368. The third-order valence-corrected chi connectivity index (χ3v) is 10.2. The fourth-order valence-electron chi connectivity index (χ4n) is 7.51. The zero-order valence-corrected chi connectivity index (χ0v) is 28.1. The number of likely N-dealkylation sites (tertiary alicyclic amines) is 1. The van der Waals surface area contributed by atoms with Gasteiger partial charge in [0.2, 0.25) is 5.91 Å². The molecule has 3 atom stereocenters. The summed E-state index contributed by atoms with van der Waals surface area (Å²) in [5.74, 6) is 0.0919. The van der Waals surface area contributed by atoms with Crippen molar-refractivity contribution in [2.75, 3.05) is 26.3 Å². The van der Waals surface area contributed by atoms with Crippen molar-refractivity contribution in [3.63, 3.8) is 0 Å². The molecule has 5 heterocycles. The Morgan fingerprint density at radius 1 is 0.880 bits per heavy atom. The molecule has 258 valence electrons. The van der Waals surface area contributed by atoms with E-state index in [9.17, 15) is 14.7 Å². The van der Waals surface area contributed by atoms with E-state index in [1.165, 1.54) is 6.42 Å². The maximum absolute atomic E-state index is 13.7. The summed E-state index contributed by atoms with van der Waals surface area (Å²) in [6.45, 7) is 5.74. The molecular weight excluding hydrogens is 634 g/mol. The average Bonchev–Trinajstić information content (AvgIpc) is 3.97. The molecule has 1 spiro atoms. The van der Waals surface area contributed by atoms with E-state index in [4.69, 9.17) is 9.47 Å². The van der Waals surface area contributed by atoms with E-state index in [1.54, 1.807) is 11.1 Å². The van der Waals surface area contributed by atoms with Crippen LogP contribution in [0.2, 0.25) is 0 Å². The van der Waals surface area contributed by atoms with Crippen LogP contribution >= 0.6 is 0 Å². The molecule has 0 saturated carbocycles. The van der Waals surface area contributed by atoms with Gasteiger partial charge in [-0.1, -0.05) is 62.4 Å². The number of aromatic amines is 2. The summed E-state index contributed by atoms with van der Waals surface area (Å²) in [5, 5.41) is 17.6. The molecule has 12 nitrogen and oxygen atoms in total. The topological polar surface area (TPSA) is 157 Å². The molecule has 8 rings (SSSR count). The van der Waals surface area contributed by atoms with Crippen LogP contribution in [-0.2, 0) is 14.3 Å². The normalized spacial score (nSPS) is 20.7. The molecule has 2 aromatic heterocycles. The van der Waals surface area contributed by atoms with Crippen molar-refractivity contribution in [2.45, 2.75) is 57.0 Å². The molecule has 2 amide bonds. The summed E-state index contributed by atoms with van der Waals surface area (Å²) in [7, 11) is 0. The zero-order valence-electron chi connectivity index (χ0n) is 28.1. The van der Waals surface area contributed by atoms with E-state index in [0.29, 0.717) is 31.5 Å². The molecule has 0 aliphatic carbocycles. The Morgan fingerprint density at radius 2 is 1.50 bits per heavy atom. The molecule has 5 N–H and O–H groups in total. The number of hydrogen-bond donors (Lipinski definition) is 5. The molecule has 3 fully saturated rings. The van der Waals surface area contributed by atoms with Gasteiger partial charge in [-0.3, -0.25) is 4.79 Å². The number of amides is 2. The molecule has 12 heteroatoms. The fourth-order valence-corrected chi connectivity index (χ4v) is 7.51. The second-order valence-electron chi connectivity index (χ2n) is 13.8. The van der Waals surface area contributed by atoms with Crippen molar-refractivity contribution >= 4 is 22.8 Å². The number of aromatic nitrogens is 4. The molecule has 3 aliphatic heterocycles. The lowest BCUT2D eigenvalue weighted by atomic mass is 9.98. The highest BCUT2D eigenvalue weighted by atomic mass is 16.7. The van der Waals surface area contributed by atoms with Crippen LogP contribution < -0.4 is 10.6 Å². The lowest BCUT2D eigenvalue weighted by molar-refractivity contribution is -0.153. The van der Waals surface area contributed by atoms with Gasteiger partial charge in [-0.2, -0.15) is 0 Å². The summed E-state index contributed by atoms with van der Waals surface area (Å²) in [6, 6.07) is 20.3. The molecule has 0 unspecified atom stereocenters. The predicted octanol–water partition coefficient (Wildman–Crippen LogP) is 6.02. The number of carboxylic acid groups (broad SMARTS) is 1. The largest absolute Gasteiger partial charge is 0.465 e. The minimum atomic E-state index is -1.24. The third kappa shape index (κ3) is 6.14. The second kappa shape index (κ2) is 13.0. The van der Waals surface area contributed by atoms with Crippen molar-refractivity contribution in [2.24, 2.45) is 5.92 Å². The Labute approximate surface area is 289 Å². The van der Waals surface area contributed by atoms with E-state index in [-0.39, 0.29) is 18.4 Å². The number of benzene rings is 3. The van der Waals surface area contributed by atoms with Gasteiger partial charge in [-0.05, 0) is 64.9 Å². The first-order valence-electron chi connectivity index (χ1n) is 17.3. The van der Waals surface area contributed by atoms with Crippen molar-refractivity contribution in [3.05, 3.63) is 84.7 Å². The van der Waals surface area contributed by atoms with Gasteiger partial charge in [0.05, 0.1) is 55.6 Å². The van der Waals surface area contributed by atoms with E-state index >= 15 is 0 Å². The van der Waals surface area contributed by atoms with Gasteiger partial charge in [0.25, 0.3) is 0 Å². The minimum absolute atomic E-state index is 0.195. The molecule has 0 bridgehead atoms. The van der Waals surface area contributed by atoms with Gasteiger partial charge in [0.15, 0.2) is 5.79 Å². The van der Waals surface area contributed by atoms with Gasteiger partial charge < -0.3 is 40.1 Å². The molecule has 0 radical (unpaired) electrons. The third-order valence-electron chi connectivity index (χ3n) is 10.2. The Hall–Kier alpha value is -5.04. The molecule has 3 aromatic carbocycles. The number of imidazole rings is 2. The number of carbonyl (C=O) groups is 2. The number of ether oxygens (including phenoxy) is 2. The van der Waals surface area contributed by atoms with Crippen LogP contribution in [0.15, 0.2) is 73.1 Å². The van der Waals surface area contributed by atoms with Crippen LogP contribution in [0.5, 0.6) is 0 Å². The van der Waals surface area contributed by atoms with Gasteiger partial charge >= 0.3 is 6.09 Å². The van der Waals surface area contributed by atoms with E-state index < -0.39 is 24.0 Å². The van der Waals surface area contributed by atoms with Crippen LogP contribution in [0.1, 0.15) is 56.8 Å². The van der Waals surface area contributed by atoms with E-state index in [1.807, 2.05) is 20.0 Å². The Morgan fingerprint density at radius 3 is 2.18 bits per heavy atom. The lowest BCUT2D eigenvalue weighted by Gasteiger charge is -2.29. The first kappa shape index (κ1) is 32.2. The minimum Gasteiger partial charge on any atom is -0.465 e. The number of H-pyrrole nitrogens is 2. The summed E-state index contributed by atoms with van der Waals surface area (Å²) < 4.78 is 11.9. The summed E-state index contributed by atoms with van der Waals surface area (Å²) in [5.41, 5.74) is 6.13. The summed E-state index contributed by atoms with van der Waals surface area (Å²) in [6.07, 6.45) is 5.14. The van der Waals surface area contributed by atoms with Crippen LogP contribution in [-0.4, -0.2) is 80.1 Å². The molecule has 3 saturated heterocycles. The van der Waals surface area contributed by atoms with Gasteiger partial charge in [0, 0.05) is 12.0 Å². The first-order chi connectivity index (χ1) is 24.2. The highest BCUT2D eigenvalue weighted by molar-refractivity contribution is 5.90. The Kier molecular flexibility index (Phi) is 8.38. The van der Waals surface area contributed by atoms with Crippen LogP contribution in [0.25, 0.3) is 44.4 Å². The van der Waals surface area contributed by atoms with Gasteiger partial charge in [0.1, 0.15) is 17.7 Å². The van der Waals surface area contributed by atoms with Crippen molar-refractivity contribution in [1.82, 2.24) is 35.5 Å². The number of rotatable bonds is 8. The van der Waals surface area contributed by atoms with E-state index in [0.717, 1.165) is 63.2 Å². The van der Waals surface area contributed by atoms with Gasteiger partial charge in [-0.25, -0.2) is 14.8 Å². The van der Waals surface area contributed by atoms with Crippen molar-refractivity contribution < 1.29 is 24.2 Å². The average molecular weight is 676 g/mol. The SMILES string of the molecule is CC(C)[C@H](NC(=O)O)C(=O)N1CC2(C[C@H]1c1ncc(-c3ccc(-c4ccc5cc(-c6cnc([C@@H]7CCCN7)[nH]6)ccc5c4)cc3)[nH]1)OCCO2. The predicted molar refractivity (Wildman–Crippen MR) is 188 cm³/mol. The number of nitrogens with zero attached hydrogens (tertiary/aromatic N) is 3. The Bertz CT molecular complexity index is 2020. The summed E-state index contributed by atoms with van der Waals surface area (Å²) >= 11 is 0. The van der Waals surface area contributed by atoms with Crippen molar-refractivity contribution in [1.29, 1.82) is 0 Å². The van der Waals surface area contributed by atoms with E-state index in [2.05, 4.69) is 91.2 Å². The smallest absolute Gasteiger partial charge is 0.405 e. The lowest BCUT2D eigenvalue weighted by Crippen LogP contribution is -2.51. The maximum atomic E-state index is 13.7. The molecule has 5 aromatic rings. The van der Waals surface area contributed by atoms with Crippen LogP contribution in [0.3, 0.4) is 0 Å². The quantitative estimate of drug-likeness (QED) is 0.134. The molecule has 50 heavy (non-hydrogen) atoms. The number of fused-ring (bicyclic) bond motifs is 1. The number of nitrogens with one attached hydrogen (secondary N) is 4. The summed E-state index contributed by atoms with van der Waals surface area (Å²) in [4.78, 5) is 43.2. The number of hydrogen-bond acceptors (Lipinski definition) is 7. The first-order valence-corrected chi connectivity index (χ1v) is 17.3.